The zero-order chi connectivity index (χ0) is 11.2. The molecule has 16 heavy (non-hydrogen) atoms. The van der Waals surface area contributed by atoms with Gasteiger partial charge in [0.1, 0.15) is 0 Å². The second kappa shape index (κ2) is 6.35. The van der Waals surface area contributed by atoms with Crippen molar-refractivity contribution in [1.82, 2.24) is 5.32 Å². The van der Waals surface area contributed by atoms with Gasteiger partial charge < -0.3 is 14.8 Å². The Morgan fingerprint density at radius 1 is 1.50 bits per heavy atom. The van der Waals surface area contributed by atoms with Gasteiger partial charge in [0, 0.05) is 17.3 Å². The predicted octanol–water partition coefficient (Wildman–Crippen LogP) is 2.03. The van der Waals surface area contributed by atoms with E-state index in [2.05, 4.69) is 22.8 Å². The van der Waals surface area contributed by atoms with E-state index in [4.69, 9.17) is 9.47 Å². The first-order valence-electron chi connectivity index (χ1n) is 5.81. The second-order valence-electron chi connectivity index (χ2n) is 4.01. The van der Waals surface area contributed by atoms with E-state index < -0.39 is 0 Å². The van der Waals surface area contributed by atoms with Crippen LogP contribution in [-0.4, -0.2) is 32.6 Å². The third kappa shape index (κ3) is 3.56. The lowest BCUT2D eigenvalue weighted by Crippen LogP contribution is -2.30. The lowest BCUT2D eigenvalue weighted by Gasteiger charge is -2.18. The molecule has 0 aromatic carbocycles. The maximum absolute atomic E-state index is 5.46. The fraction of sp³-hybridized carbons (Fsp3) is 0.667. The van der Waals surface area contributed by atoms with Crippen molar-refractivity contribution >= 4 is 11.3 Å². The molecule has 4 heteroatoms. The third-order valence-corrected chi connectivity index (χ3v) is 3.83. The van der Waals surface area contributed by atoms with Crippen molar-refractivity contribution in [3.8, 4) is 0 Å². The third-order valence-electron chi connectivity index (χ3n) is 2.90. The van der Waals surface area contributed by atoms with Crippen LogP contribution in [0.4, 0.5) is 0 Å². The first-order valence-corrected chi connectivity index (χ1v) is 6.69. The highest BCUT2D eigenvalue weighted by molar-refractivity contribution is 7.09. The summed E-state index contributed by atoms with van der Waals surface area (Å²) < 4.78 is 10.9. The monoisotopic (exact) mass is 241 g/mol. The SMILES string of the molecule is CNC(CCc1cccs1)CC1OCCO1. The minimum Gasteiger partial charge on any atom is -0.350 e. The zero-order valence-electron chi connectivity index (χ0n) is 9.65. The normalized spacial score (nSPS) is 19.1. The van der Waals surface area contributed by atoms with E-state index in [1.807, 2.05) is 18.4 Å². The molecule has 1 saturated heterocycles. The van der Waals surface area contributed by atoms with Crippen LogP contribution in [0.2, 0.25) is 0 Å². The highest BCUT2D eigenvalue weighted by atomic mass is 32.1. The van der Waals surface area contributed by atoms with Crippen LogP contribution in [-0.2, 0) is 15.9 Å². The van der Waals surface area contributed by atoms with Crippen LogP contribution in [0.25, 0.3) is 0 Å². The molecule has 0 amide bonds. The summed E-state index contributed by atoms with van der Waals surface area (Å²) in [6, 6.07) is 4.78. The fourth-order valence-corrected chi connectivity index (χ4v) is 2.65. The first-order chi connectivity index (χ1) is 7.88. The molecule has 3 nitrogen and oxygen atoms in total. The molecule has 0 aliphatic carbocycles. The molecule has 0 radical (unpaired) electrons. The van der Waals surface area contributed by atoms with Gasteiger partial charge in [-0.1, -0.05) is 6.07 Å². The van der Waals surface area contributed by atoms with Crippen LogP contribution >= 0.6 is 11.3 Å². The topological polar surface area (TPSA) is 30.5 Å². The number of thiophene rings is 1. The smallest absolute Gasteiger partial charge is 0.159 e. The first kappa shape index (κ1) is 12.0. The van der Waals surface area contributed by atoms with Gasteiger partial charge in [-0.25, -0.2) is 0 Å². The van der Waals surface area contributed by atoms with Crippen LogP contribution in [0.1, 0.15) is 17.7 Å². The van der Waals surface area contributed by atoms with Crippen molar-refractivity contribution in [3.05, 3.63) is 22.4 Å². The van der Waals surface area contributed by atoms with Crippen LogP contribution in [0.15, 0.2) is 17.5 Å². The van der Waals surface area contributed by atoms with Gasteiger partial charge in [-0.05, 0) is 31.3 Å². The van der Waals surface area contributed by atoms with E-state index in [-0.39, 0.29) is 6.29 Å². The Morgan fingerprint density at radius 3 is 2.94 bits per heavy atom. The van der Waals surface area contributed by atoms with E-state index in [1.54, 1.807) is 0 Å². The lowest BCUT2D eigenvalue weighted by molar-refractivity contribution is -0.0527. The van der Waals surface area contributed by atoms with Crippen molar-refractivity contribution in [2.45, 2.75) is 31.6 Å². The zero-order valence-corrected chi connectivity index (χ0v) is 10.5. The molecule has 0 saturated carbocycles. The second-order valence-corrected chi connectivity index (χ2v) is 5.04. The maximum atomic E-state index is 5.46. The highest BCUT2D eigenvalue weighted by Gasteiger charge is 2.20. The summed E-state index contributed by atoms with van der Waals surface area (Å²) >= 11 is 1.83. The quantitative estimate of drug-likeness (QED) is 0.826. The van der Waals surface area contributed by atoms with Gasteiger partial charge in [-0.2, -0.15) is 0 Å². The van der Waals surface area contributed by atoms with E-state index in [9.17, 15) is 0 Å². The molecule has 1 fully saturated rings. The Balaban J connectivity index is 1.72. The molecule has 1 aromatic rings. The average Bonchev–Trinajstić information content (AvgIpc) is 2.97. The number of nitrogens with one attached hydrogen (secondary N) is 1. The highest BCUT2D eigenvalue weighted by Crippen LogP contribution is 2.16. The Morgan fingerprint density at radius 2 is 2.31 bits per heavy atom. The van der Waals surface area contributed by atoms with Crippen molar-refractivity contribution in [2.75, 3.05) is 20.3 Å². The molecule has 90 valence electrons. The van der Waals surface area contributed by atoms with Crippen LogP contribution in [0.5, 0.6) is 0 Å². The molecular formula is C12H19NO2S. The Hall–Kier alpha value is -0.420. The summed E-state index contributed by atoms with van der Waals surface area (Å²) in [5.74, 6) is 0. The minimum absolute atomic E-state index is 0.000728. The van der Waals surface area contributed by atoms with Gasteiger partial charge in [0.2, 0.25) is 0 Å². The van der Waals surface area contributed by atoms with E-state index in [0.29, 0.717) is 6.04 Å². The maximum Gasteiger partial charge on any atom is 0.159 e. The summed E-state index contributed by atoms with van der Waals surface area (Å²) in [5.41, 5.74) is 0. The molecular weight excluding hydrogens is 222 g/mol. The molecule has 1 unspecified atom stereocenters. The fourth-order valence-electron chi connectivity index (χ4n) is 1.93. The van der Waals surface area contributed by atoms with Gasteiger partial charge in [0.25, 0.3) is 0 Å². The molecule has 1 N–H and O–H groups in total. The van der Waals surface area contributed by atoms with E-state index in [1.165, 1.54) is 4.88 Å². The molecule has 1 aliphatic heterocycles. The summed E-state index contributed by atoms with van der Waals surface area (Å²) in [7, 11) is 2.01. The van der Waals surface area contributed by atoms with Crippen LogP contribution in [0, 0.1) is 0 Å². The molecule has 1 atom stereocenters. The Labute approximate surface area is 101 Å². The number of hydrogen-bond acceptors (Lipinski definition) is 4. The minimum atomic E-state index is 0.000728. The number of rotatable bonds is 6. The number of ether oxygens (including phenoxy) is 2. The average molecular weight is 241 g/mol. The molecule has 0 bridgehead atoms. The van der Waals surface area contributed by atoms with Gasteiger partial charge in [0.05, 0.1) is 13.2 Å². The summed E-state index contributed by atoms with van der Waals surface area (Å²) in [6.07, 6.45) is 3.22. The lowest BCUT2D eigenvalue weighted by atomic mass is 10.1. The Bertz CT molecular complexity index is 283. The number of hydrogen-bond donors (Lipinski definition) is 1. The van der Waals surface area contributed by atoms with Crippen molar-refractivity contribution in [3.63, 3.8) is 0 Å². The number of aryl methyl sites for hydroxylation is 1. The standard InChI is InChI=1S/C12H19NO2S/c1-13-10(9-12-14-6-7-15-12)4-5-11-3-2-8-16-11/h2-3,8,10,12-13H,4-7,9H2,1H3. The largest absolute Gasteiger partial charge is 0.350 e. The molecule has 2 rings (SSSR count). The van der Waals surface area contributed by atoms with Crippen LogP contribution in [0.3, 0.4) is 0 Å². The summed E-state index contributed by atoms with van der Waals surface area (Å²) in [5, 5.41) is 5.47. The predicted molar refractivity (Wildman–Crippen MR) is 65.8 cm³/mol. The van der Waals surface area contributed by atoms with Crippen LogP contribution < -0.4 is 5.32 Å². The Kier molecular flexibility index (Phi) is 4.78. The van der Waals surface area contributed by atoms with Crippen molar-refractivity contribution in [1.29, 1.82) is 0 Å². The molecule has 1 aromatic heterocycles. The van der Waals surface area contributed by atoms with Gasteiger partial charge in [0.15, 0.2) is 6.29 Å². The van der Waals surface area contributed by atoms with Crippen molar-refractivity contribution < 1.29 is 9.47 Å². The molecule has 2 heterocycles. The van der Waals surface area contributed by atoms with Gasteiger partial charge in [-0.15, -0.1) is 11.3 Å². The molecule has 1 aliphatic rings. The van der Waals surface area contributed by atoms with E-state index >= 15 is 0 Å². The summed E-state index contributed by atoms with van der Waals surface area (Å²) in [4.78, 5) is 1.45. The molecule has 0 spiro atoms. The van der Waals surface area contributed by atoms with Crippen molar-refractivity contribution in [2.24, 2.45) is 0 Å². The summed E-state index contributed by atoms with van der Waals surface area (Å²) in [6.45, 7) is 1.48. The van der Waals surface area contributed by atoms with Gasteiger partial charge in [-0.3, -0.25) is 0 Å². The van der Waals surface area contributed by atoms with E-state index in [0.717, 1.165) is 32.5 Å². The van der Waals surface area contributed by atoms with Gasteiger partial charge >= 0.3 is 0 Å².